The third-order valence-corrected chi connectivity index (χ3v) is 2.23. The first-order valence-electron chi connectivity index (χ1n) is 7.23. The van der Waals surface area contributed by atoms with Gasteiger partial charge in [0.2, 0.25) is 0 Å². The number of rotatable bonds is 4. The molecule has 4 nitrogen and oxygen atoms in total. The quantitative estimate of drug-likeness (QED) is 0.445. The maximum atomic E-state index is 11.9. The van der Waals surface area contributed by atoms with Gasteiger partial charge in [0.05, 0.1) is 5.57 Å². The van der Waals surface area contributed by atoms with Gasteiger partial charge in [0.1, 0.15) is 11.2 Å². The standard InChI is InChI=1S/C18H28O4/c1-12(10-13(2)15(19)21-17(4,5)6)11-14(3)16(20)22-18(7,8)9/h10-11H,2H2,1,3-9H3/b12-10-,14-11+. The summed E-state index contributed by atoms with van der Waals surface area (Å²) in [6.07, 6.45) is 3.24. The zero-order chi connectivity index (χ0) is 17.7. The molecule has 0 spiro atoms. The number of carbonyl (C=O) groups excluding carboxylic acids is 2. The van der Waals surface area contributed by atoms with Crippen LogP contribution in [0.2, 0.25) is 0 Å². The van der Waals surface area contributed by atoms with Crippen LogP contribution < -0.4 is 0 Å². The van der Waals surface area contributed by atoms with Gasteiger partial charge in [0.25, 0.3) is 0 Å². The van der Waals surface area contributed by atoms with Crippen LogP contribution in [0, 0.1) is 0 Å². The lowest BCUT2D eigenvalue weighted by molar-refractivity contribution is -0.150. The van der Waals surface area contributed by atoms with Gasteiger partial charge in [-0.25, -0.2) is 9.59 Å². The smallest absolute Gasteiger partial charge is 0.338 e. The normalized spacial score (nSPS) is 13.6. The van der Waals surface area contributed by atoms with Gasteiger partial charge >= 0.3 is 11.9 Å². The van der Waals surface area contributed by atoms with Gasteiger partial charge in [-0.2, -0.15) is 0 Å². The second-order valence-electron chi connectivity index (χ2n) is 7.24. The summed E-state index contributed by atoms with van der Waals surface area (Å²) in [5.74, 6) is -0.863. The second kappa shape index (κ2) is 7.43. The van der Waals surface area contributed by atoms with Crippen LogP contribution in [0.25, 0.3) is 0 Å². The van der Waals surface area contributed by atoms with Crippen LogP contribution in [0.1, 0.15) is 55.4 Å². The fraction of sp³-hybridized carbons (Fsp3) is 0.556. The molecular weight excluding hydrogens is 280 g/mol. The molecule has 0 aromatic heterocycles. The number of ether oxygens (including phenoxy) is 2. The van der Waals surface area contributed by atoms with E-state index >= 15 is 0 Å². The Morgan fingerprint density at radius 2 is 1.23 bits per heavy atom. The molecule has 0 saturated carbocycles. The number of esters is 2. The lowest BCUT2D eigenvalue weighted by Gasteiger charge is -2.20. The molecule has 0 heterocycles. The topological polar surface area (TPSA) is 52.6 Å². The second-order valence-corrected chi connectivity index (χ2v) is 7.24. The third kappa shape index (κ3) is 9.16. The average molecular weight is 308 g/mol. The summed E-state index contributed by atoms with van der Waals surface area (Å²) in [5, 5.41) is 0. The molecule has 0 aliphatic rings. The SMILES string of the molecule is C=C(/C=C(C)\C=C(/C)C(=O)OC(C)(C)C)C(=O)OC(C)(C)C. The Hall–Kier alpha value is -1.84. The van der Waals surface area contributed by atoms with Crippen molar-refractivity contribution in [2.45, 2.75) is 66.6 Å². The van der Waals surface area contributed by atoms with E-state index in [9.17, 15) is 9.59 Å². The Morgan fingerprint density at radius 3 is 1.64 bits per heavy atom. The summed E-state index contributed by atoms with van der Waals surface area (Å²) < 4.78 is 10.5. The van der Waals surface area contributed by atoms with E-state index in [2.05, 4.69) is 6.58 Å². The van der Waals surface area contributed by atoms with E-state index in [1.807, 2.05) is 20.8 Å². The Kier molecular flexibility index (Phi) is 6.81. The molecule has 124 valence electrons. The van der Waals surface area contributed by atoms with Crippen LogP contribution in [-0.4, -0.2) is 23.1 Å². The summed E-state index contributed by atoms with van der Waals surface area (Å²) in [7, 11) is 0. The molecule has 0 aromatic carbocycles. The van der Waals surface area contributed by atoms with Gasteiger partial charge in [-0.1, -0.05) is 6.58 Å². The fourth-order valence-electron chi connectivity index (χ4n) is 1.48. The Morgan fingerprint density at radius 1 is 0.818 bits per heavy atom. The van der Waals surface area contributed by atoms with Crippen molar-refractivity contribution >= 4 is 11.9 Å². The summed E-state index contributed by atoms with van der Waals surface area (Å²) in [6, 6.07) is 0. The van der Waals surface area contributed by atoms with Gasteiger partial charge in [-0.05, 0) is 73.1 Å². The lowest BCUT2D eigenvalue weighted by Crippen LogP contribution is -2.24. The minimum atomic E-state index is -0.565. The van der Waals surface area contributed by atoms with Gasteiger partial charge in [-0.3, -0.25) is 0 Å². The molecule has 0 rings (SSSR count). The number of hydrogen-bond acceptors (Lipinski definition) is 4. The Balaban J connectivity index is 4.92. The third-order valence-electron chi connectivity index (χ3n) is 2.23. The molecule has 0 N–H and O–H groups in total. The minimum Gasteiger partial charge on any atom is -0.457 e. The zero-order valence-electron chi connectivity index (χ0n) is 15.0. The summed E-state index contributed by atoms with van der Waals surface area (Å²) in [6.45, 7) is 18.0. The number of allylic oxidation sites excluding steroid dienone is 2. The van der Waals surface area contributed by atoms with Crippen molar-refractivity contribution in [3.05, 3.63) is 35.5 Å². The molecule has 0 aliphatic heterocycles. The summed E-state index contributed by atoms with van der Waals surface area (Å²) >= 11 is 0. The van der Waals surface area contributed by atoms with E-state index < -0.39 is 17.2 Å². The molecule has 0 fully saturated rings. The van der Waals surface area contributed by atoms with Crippen molar-refractivity contribution in [3.8, 4) is 0 Å². The largest absolute Gasteiger partial charge is 0.457 e. The van der Waals surface area contributed by atoms with Crippen LogP contribution in [0.15, 0.2) is 35.5 Å². The maximum Gasteiger partial charge on any atom is 0.338 e. The van der Waals surface area contributed by atoms with E-state index in [1.165, 1.54) is 0 Å². The van der Waals surface area contributed by atoms with E-state index in [-0.39, 0.29) is 11.5 Å². The first-order valence-corrected chi connectivity index (χ1v) is 7.23. The average Bonchev–Trinajstić information content (AvgIpc) is 2.23. The molecule has 0 amide bonds. The molecule has 4 heteroatoms. The molecule has 0 radical (unpaired) electrons. The summed E-state index contributed by atoms with van der Waals surface area (Å²) in [4.78, 5) is 23.7. The van der Waals surface area contributed by atoms with Crippen molar-refractivity contribution in [1.29, 1.82) is 0 Å². The fourth-order valence-corrected chi connectivity index (χ4v) is 1.48. The summed E-state index contributed by atoms with van der Waals surface area (Å²) in [5.41, 5.74) is 0.314. The molecule has 0 saturated heterocycles. The van der Waals surface area contributed by atoms with Crippen molar-refractivity contribution in [1.82, 2.24) is 0 Å². The predicted octanol–water partition coefficient (Wildman–Crippen LogP) is 4.12. The lowest BCUT2D eigenvalue weighted by atomic mass is 10.1. The number of carbonyl (C=O) groups is 2. The molecular formula is C18H28O4. The Bertz CT molecular complexity index is 508. The van der Waals surface area contributed by atoms with Gasteiger partial charge < -0.3 is 9.47 Å². The van der Waals surface area contributed by atoms with Gasteiger partial charge in [0, 0.05) is 5.57 Å². The van der Waals surface area contributed by atoms with E-state index in [4.69, 9.17) is 9.47 Å². The van der Waals surface area contributed by atoms with E-state index in [1.54, 1.807) is 46.8 Å². The van der Waals surface area contributed by atoms with E-state index in [0.29, 0.717) is 5.57 Å². The highest BCUT2D eigenvalue weighted by atomic mass is 16.6. The highest BCUT2D eigenvalue weighted by molar-refractivity contribution is 5.92. The molecule has 0 aromatic rings. The van der Waals surface area contributed by atoms with Crippen LogP contribution in [0.4, 0.5) is 0 Å². The van der Waals surface area contributed by atoms with Crippen LogP contribution in [0.5, 0.6) is 0 Å². The molecule has 0 unspecified atom stereocenters. The van der Waals surface area contributed by atoms with Crippen LogP contribution >= 0.6 is 0 Å². The zero-order valence-corrected chi connectivity index (χ0v) is 15.0. The maximum absolute atomic E-state index is 11.9. The molecule has 22 heavy (non-hydrogen) atoms. The van der Waals surface area contributed by atoms with Gasteiger partial charge in [0.15, 0.2) is 0 Å². The first-order chi connectivity index (χ1) is 9.71. The van der Waals surface area contributed by atoms with Crippen molar-refractivity contribution < 1.29 is 19.1 Å². The van der Waals surface area contributed by atoms with Crippen molar-refractivity contribution in [3.63, 3.8) is 0 Å². The minimum absolute atomic E-state index is 0.237. The van der Waals surface area contributed by atoms with Gasteiger partial charge in [-0.15, -0.1) is 0 Å². The highest BCUT2D eigenvalue weighted by Crippen LogP contribution is 2.15. The van der Waals surface area contributed by atoms with Crippen molar-refractivity contribution in [2.75, 3.05) is 0 Å². The Labute approximate surface area is 133 Å². The molecule has 0 aliphatic carbocycles. The molecule has 0 bridgehead atoms. The molecule has 0 atom stereocenters. The highest BCUT2D eigenvalue weighted by Gasteiger charge is 2.18. The van der Waals surface area contributed by atoms with Crippen LogP contribution in [-0.2, 0) is 19.1 Å². The van der Waals surface area contributed by atoms with Crippen molar-refractivity contribution in [2.24, 2.45) is 0 Å². The predicted molar refractivity (Wildman–Crippen MR) is 88.3 cm³/mol. The monoisotopic (exact) mass is 308 g/mol. The van der Waals surface area contributed by atoms with E-state index in [0.717, 1.165) is 5.57 Å². The number of hydrogen-bond donors (Lipinski definition) is 0. The van der Waals surface area contributed by atoms with Crippen LogP contribution in [0.3, 0.4) is 0 Å². The first kappa shape index (κ1) is 20.2.